The zero-order valence-electron chi connectivity index (χ0n) is 8.90. The van der Waals surface area contributed by atoms with Crippen LogP contribution in [0.2, 0.25) is 0 Å². The summed E-state index contributed by atoms with van der Waals surface area (Å²) >= 11 is 1.60. The Balaban J connectivity index is 0. The number of hydrogen-bond donors (Lipinski definition) is 2. The molecule has 14 heavy (non-hydrogen) atoms. The molecule has 1 unspecified atom stereocenters. The minimum Gasteiger partial charge on any atom is -0.480 e. The lowest BCUT2D eigenvalue weighted by Crippen LogP contribution is -2.30. The van der Waals surface area contributed by atoms with E-state index in [0.717, 1.165) is 12.0 Å². The molecule has 0 bridgehead atoms. The van der Waals surface area contributed by atoms with Gasteiger partial charge in [0, 0.05) is 5.92 Å². The normalized spacial score (nSPS) is 11.5. The topological polar surface area (TPSA) is 80.4 Å². The maximum atomic E-state index is 10.1. The summed E-state index contributed by atoms with van der Waals surface area (Å²) in [5.41, 5.74) is 5.19. The van der Waals surface area contributed by atoms with E-state index in [0.29, 0.717) is 6.42 Å². The van der Waals surface area contributed by atoms with Crippen molar-refractivity contribution in [3.8, 4) is 0 Å². The molecular weight excluding hydrogens is 202 g/mol. The summed E-state index contributed by atoms with van der Waals surface area (Å²) in [5, 5.41) is 8.27. The molecule has 0 aliphatic rings. The number of carboxylic acid groups (broad SMARTS) is 1. The van der Waals surface area contributed by atoms with Gasteiger partial charge in [0.05, 0.1) is 0 Å². The molecular formula is C9H19NO3S. The molecule has 84 valence electrons. The van der Waals surface area contributed by atoms with Gasteiger partial charge < -0.3 is 15.6 Å². The molecule has 0 spiro atoms. The lowest BCUT2D eigenvalue weighted by Gasteiger charge is -2.02. The Hall–Kier alpha value is -0.550. The quantitative estimate of drug-likeness (QED) is 0.677. The largest absolute Gasteiger partial charge is 0.480 e. The third-order valence-corrected chi connectivity index (χ3v) is 1.87. The number of carbonyl (C=O) groups is 2. The summed E-state index contributed by atoms with van der Waals surface area (Å²) in [4.78, 5) is 19.6. The van der Waals surface area contributed by atoms with Crippen molar-refractivity contribution >= 4 is 24.0 Å². The van der Waals surface area contributed by atoms with Crippen LogP contribution in [-0.2, 0) is 9.59 Å². The monoisotopic (exact) mass is 221 g/mol. The maximum Gasteiger partial charge on any atom is 0.320 e. The number of carboxylic acids is 1. The van der Waals surface area contributed by atoms with E-state index in [1.165, 1.54) is 0 Å². The van der Waals surface area contributed by atoms with Crippen molar-refractivity contribution < 1.29 is 14.7 Å². The summed E-state index contributed by atoms with van der Waals surface area (Å²) < 4.78 is 0. The fourth-order valence-electron chi connectivity index (χ4n) is 0.368. The lowest BCUT2D eigenvalue weighted by atomic mass is 10.2. The molecule has 0 aromatic heterocycles. The van der Waals surface area contributed by atoms with Crippen LogP contribution in [-0.4, -0.2) is 35.4 Å². The molecule has 0 saturated carbocycles. The molecule has 0 aliphatic carbocycles. The van der Waals surface area contributed by atoms with Crippen LogP contribution in [0.25, 0.3) is 0 Å². The van der Waals surface area contributed by atoms with Crippen LogP contribution >= 0.6 is 11.8 Å². The summed E-state index contributed by atoms with van der Waals surface area (Å²) in [6.45, 7) is 3.71. The predicted molar refractivity (Wildman–Crippen MR) is 59.5 cm³/mol. The predicted octanol–water partition coefficient (Wildman–Crippen LogP) is 0.993. The molecule has 0 fully saturated rings. The van der Waals surface area contributed by atoms with E-state index in [2.05, 4.69) is 0 Å². The summed E-state index contributed by atoms with van der Waals surface area (Å²) in [7, 11) is 0. The molecule has 0 saturated heterocycles. The van der Waals surface area contributed by atoms with Gasteiger partial charge in [0.1, 0.15) is 12.3 Å². The highest BCUT2D eigenvalue weighted by Gasteiger charge is 2.08. The van der Waals surface area contributed by atoms with Crippen molar-refractivity contribution in [2.75, 3.05) is 12.0 Å². The van der Waals surface area contributed by atoms with Gasteiger partial charge in [-0.3, -0.25) is 4.79 Å². The Morgan fingerprint density at radius 2 is 2.00 bits per heavy atom. The number of hydrogen-bond acceptors (Lipinski definition) is 4. The van der Waals surface area contributed by atoms with Crippen LogP contribution in [0.1, 0.15) is 20.3 Å². The number of thioether (sulfide) groups is 1. The van der Waals surface area contributed by atoms with Gasteiger partial charge in [-0.05, 0) is 18.4 Å². The van der Waals surface area contributed by atoms with Gasteiger partial charge in [0.25, 0.3) is 0 Å². The molecule has 0 rings (SSSR count). The van der Waals surface area contributed by atoms with Crippen molar-refractivity contribution in [1.29, 1.82) is 0 Å². The van der Waals surface area contributed by atoms with E-state index in [-0.39, 0.29) is 5.92 Å². The van der Waals surface area contributed by atoms with Crippen LogP contribution in [0.3, 0.4) is 0 Å². The number of carbonyl (C=O) groups excluding carboxylic acids is 1. The highest BCUT2D eigenvalue weighted by Crippen LogP contribution is 1.97. The molecule has 0 amide bonds. The molecule has 0 aromatic rings. The molecule has 0 radical (unpaired) electrons. The minimum atomic E-state index is -0.913. The second kappa shape index (κ2) is 10.5. The van der Waals surface area contributed by atoms with E-state index in [1.54, 1.807) is 11.8 Å². The second-order valence-electron chi connectivity index (χ2n) is 3.11. The van der Waals surface area contributed by atoms with Crippen LogP contribution in [0.15, 0.2) is 0 Å². The Kier molecular flexibility index (Phi) is 12.0. The van der Waals surface area contributed by atoms with Crippen molar-refractivity contribution in [1.82, 2.24) is 0 Å². The van der Waals surface area contributed by atoms with Gasteiger partial charge in [0.2, 0.25) is 0 Å². The number of rotatable bonds is 5. The van der Waals surface area contributed by atoms with E-state index in [9.17, 15) is 9.59 Å². The highest BCUT2D eigenvalue weighted by atomic mass is 32.2. The van der Waals surface area contributed by atoms with Gasteiger partial charge in [-0.15, -0.1) is 0 Å². The standard InChI is InChI=1S/C5H11NO2S.C4H8O/c1-9-3-2-4(6)5(7)8;1-4(2)3-5/h4H,2-3,6H2,1H3,(H,7,8);3-4H,1-2H3. The third kappa shape index (κ3) is 14.0. The van der Waals surface area contributed by atoms with Crippen LogP contribution < -0.4 is 5.73 Å². The Morgan fingerprint density at radius 1 is 1.57 bits per heavy atom. The Labute approximate surface area is 89.2 Å². The van der Waals surface area contributed by atoms with Gasteiger partial charge in [-0.2, -0.15) is 11.8 Å². The summed E-state index contributed by atoms with van der Waals surface area (Å²) in [6, 6.07) is -0.683. The first-order valence-electron chi connectivity index (χ1n) is 4.38. The highest BCUT2D eigenvalue weighted by molar-refractivity contribution is 7.98. The maximum absolute atomic E-state index is 10.1. The lowest BCUT2D eigenvalue weighted by molar-refractivity contribution is -0.138. The zero-order chi connectivity index (χ0) is 11.6. The average Bonchev–Trinajstić information content (AvgIpc) is 2.14. The number of aliphatic carboxylic acids is 1. The number of nitrogens with two attached hydrogens (primary N) is 1. The smallest absolute Gasteiger partial charge is 0.320 e. The molecule has 1 atom stereocenters. The molecule has 4 nitrogen and oxygen atoms in total. The molecule has 0 aromatic carbocycles. The van der Waals surface area contributed by atoms with E-state index < -0.39 is 12.0 Å². The molecule has 0 aliphatic heterocycles. The zero-order valence-corrected chi connectivity index (χ0v) is 9.71. The molecule has 0 heterocycles. The average molecular weight is 221 g/mol. The van der Waals surface area contributed by atoms with Gasteiger partial charge in [-0.25, -0.2) is 0 Å². The summed E-state index contributed by atoms with van der Waals surface area (Å²) in [5.74, 6) is 0.104. The van der Waals surface area contributed by atoms with Gasteiger partial charge in [0.15, 0.2) is 0 Å². The van der Waals surface area contributed by atoms with Crippen molar-refractivity contribution in [2.24, 2.45) is 11.7 Å². The van der Waals surface area contributed by atoms with E-state index in [1.807, 2.05) is 20.1 Å². The molecule has 3 N–H and O–H groups in total. The Bertz CT molecular complexity index is 162. The fourth-order valence-corrected chi connectivity index (χ4v) is 0.858. The first-order valence-corrected chi connectivity index (χ1v) is 5.77. The Morgan fingerprint density at radius 3 is 2.21 bits per heavy atom. The van der Waals surface area contributed by atoms with Crippen molar-refractivity contribution in [3.05, 3.63) is 0 Å². The van der Waals surface area contributed by atoms with Crippen molar-refractivity contribution in [2.45, 2.75) is 26.3 Å². The van der Waals surface area contributed by atoms with Crippen LogP contribution in [0.4, 0.5) is 0 Å². The first-order chi connectivity index (χ1) is 6.45. The fraction of sp³-hybridized carbons (Fsp3) is 0.778. The van der Waals surface area contributed by atoms with Crippen LogP contribution in [0, 0.1) is 5.92 Å². The van der Waals surface area contributed by atoms with Gasteiger partial charge in [-0.1, -0.05) is 13.8 Å². The first kappa shape index (κ1) is 15.9. The van der Waals surface area contributed by atoms with E-state index in [4.69, 9.17) is 10.8 Å². The van der Waals surface area contributed by atoms with Crippen molar-refractivity contribution in [3.63, 3.8) is 0 Å². The second-order valence-corrected chi connectivity index (χ2v) is 4.09. The molecule has 5 heteroatoms. The summed E-state index contributed by atoms with van der Waals surface area (Å²) in [6.07, 6.45) is 3.39. The van der Waals surface area contributed by atoms with Crippen LogP contribution in [0.5, 0.6) is 0 Å². The SMILES string of the molecule is CC(C)C=O.CSCCC(N)C(=O)O. The number of aldehydes is 1. The minimum absolute atomic E-state index is 0.204. The third-order valence-electron chi connectivity index (χ3n) is 1.22. The van der Waals surface area contributed by atoms with E-state index >= 15 is 0 Å². The van der Waals surface area contributed by atoms with Gasteiger partial charge >= 0.3 is 5.97 Å².